The highest BCUT2D eigenvalue weighted by molar-refractivity contribution is 6.32. The number of aryl methyl sites for hydroxylation is 1. The van der Waals surface area contributed by atoms with Crippen molar-refractivity contribution in [2.24, 2.45) is 12.8 Å². The molecule has 8 nitrogen and oxygen atoms in total. The van der Waals surface area contributed by atoms with E-state index >= 15 is 0 Å². The quantitative estimate of drug-likeness (QED) is 0.412. The predicted octanol–water partition coefficient (Wildman–Crippen LogP) is 3.95. The second kappa shape index (κ2) is 11.2. The van der Waals surface area contributed by atoms with Crippen LogP contribution in [0.2, 0.25) is 5.02 Å². The number of nitrogens with one attached hydrogen (secondary N) is 1. The van der Waals surface area contributed by atoms with E-state index < -0.39 is 11.9 Å². The zero-order valence-electron chi connectivity index (χ0n) is 20.2. The summed E-state index contributed by atoms with van der Waals surface area (Å²) < 4.78 is 7.30. The number of carbonyl (C=O) groups excluding carboxylic acids is 3. The number of halogens is 1. The largest absolute Gasteiger partial charge is 0.489 e. The molecule has 1 aromatic heterocycles. The summed E-state index contributed by atoms with van der Waals surface area (Å²) in [6.07, 6.45) is 2.13. The molecular weight excluding hydrogens is 468 g/mol. The highest BCUT2D eigenvalue weighted by Crippen LogP contribution is 2.26. The van der Waals surface area contributed by atoms with Gasteiger partial charge in [0.15, 0.2) is 11.6 Å². The summed E-state index contributed by atoms with van der Waals surface area (Å²) in [6.45, 7) is 5.25. The molecule has 0 fully saturated rings. The van der Waals surface area contributed by atoms with Crippen molar-refractivity contribution in [3.05, 3.63) is 70.6 Å². The lowest BCUT2D eigenvalue weighted by Crippen LogP contribution is -2.39. The molecule has 3 N–H and O–H groups in total. The lowest BCUT2D eigenvalue weighted by molar-refractivity contribution is -0.118. The molecule has 184 valence electrons. The van der Waals surface area contributed by atoms with Gasteiger partial charge in [0.25, 0.3) is 5.91 Å². The van der Waals surface area contributed by atoms with Crippen molar-refractivity contribution >= 4 is 29.2 Å². The van der Waals surface area contributed by atoms with Crippen LogP contribution >= 0.6 is 11.6 Å². The number of hydrogen-bond donors (Lipinski definition) is 2. The molecule has 1 heterocycles. The summed E-state index contributed by atoms with van der Waals surface area (Å²) in [7, 11) is 1.77. The van der Waals surface area contributed by atoms with Crippen molar-refractivity contribution in [3.63, 3.8) is 0 Å². The van der Waals surface area contributed by atoms with Gasteiger partial charge in [-0.3, -0.25) is 14.4 Å². The normalized spacial score (nSPS) is 11.8. The Morgan fingerprint density at radius 1 is 1.14 bits per heavy atom. The fourth-order valence-electron chi connectivity index (χ4n) is 3.71. The topological polar surface area (TPSA) is 116 Å². The van der Waals surface area contributed by atoms with E-state index in [2.05, 4.69) is 10.3 Å². The van der Waals surface area contributed by atoms with Crippen LogP contribution < -0.4 is 15.8 Å². The number of hydrogen-bond acceptors (Lipinski definition) is 5. The number of amides is 2. The Hall–Kier alpha value is -3.65. The zero-order chi connectivity index (χ0) is 25.7. The number of benzene rings is 2. The van der Waals surface area contributed by atoms with Gasteiger partial charge in [-0.05, 0) is 44.0 Å². The van der Waals surface area contributed by atoms with Gasteiger partial charge in [0.05, 0.1) is 16.8 Å². The second-order valence-electron chi connectivity index (χ2n) is 8.67. The lowest BCUT2D eigenvalue weighted by atomic mass is 10.0. The van der Waals surface area contributed by atoms with Crippen LogP contribution in [0.1, 0.15) is 53.7 Å². The van der Waals surface area contributed by atoms with Crippen LogP contribution in [-0.2, 0) is 18.3 Å². The minimum Gasteiger partial charge on any atom is -0.489 e. The lowest BCUT2D eigenvalue weighted by Gasteiger charge is -2.18. The van der Waals surface area contributed by atoms with E-state index in [-0.39, 0.29) is 24.2 Å². The Balaban J connectivity index is 1.72. The third-order valence-electron chi connectivity index (χ3n) is 5.26. The SMILES string of the molecule is CC(=O)c1nc(-c2ccc(CC(CC(N)=O)NC(=O)c3ccc(OC(C)C)c(Cl)c3)cc2)cn1C. The average Bonchev–Trinajstić information content (AvgIpc) is 3.16. The summed E-state index contributed by atoms with van der Waals surface area (Å²) in [5.41, 5.74) is 8.23. The Labute approximate surface area is 209 Å². The number of imidazole rings is 1. The van der Waals surface area contributed by atoms with Gasteiger partial charge in [-0.15, -0.1) is 0 Å². The number of nitrogens with zero attached hydrogens (tertiary/aromatic N) is 2. The van der Waals surface area contributed by atoms with E-state index in [1.807, 2.05) is 38.1 Å². The molecular formula is C26H29ClN4O4. The first-order chi connectivity index (χ1) is 16.5. The van der Waals surface area contributed by atoms with Gasteiger partial charge in [0, 0.05) is 43.8 Å². The molecule has 0 radical (unpaired) electrons. The van der Waals surface area contributed by atoms with Crippen LogP contribution in [0.5, 0.6) is 5.75 Å². The van der Waals surface area contributed by atoms with Gasteiger partial charge in [0.1, 0.15) is 5.75 Å². The first-order valence-electron chi connectivity index (χ1n) is 11.2. The first kappa shape index (κ1) is 26.0. The number of ether oxygens (including phenoxy) is 1. The molecule has 3 aromatic rings. The van der Waals surface area contributed by atoms with Crippen LogP contribution in [0.25, 0.3) is 11.3 Å². The standard InChI is InChI=1S/C26H29ClN4O4/c1-15(2)35-23-10-9-19(12-21(23)27)26(34)29-20(13-24(28)33)11-17-5-7-18(8-6-17)22-14-31(4)25(30-22)16(3)32/h5-10,12,14-15,20H,11,13H2,1-4H3,(H2,28,33)(H,29,34). The van der Waals surface area contributed by atoms with Crippen molar-refractivity contribution in [1.29, 1.82) is 0 Å². The monoisotopic (exact) mass is 496 g/mol. The maximum Gasteiger partial charge on any atom is 0.251 e. The average molecular weight is 497 g/mol. The van der Waals surface area contributed by atoms with Gasteiger partial charge < -0.3 is 20.4 Å². The molecule has 2 aromatic carbocycles. The molecule has 3 rings (SSSR count). The summed E-state index contributed by atoms with van der Waals surface area (Å²) in [6, 6.07) is 11.9. The number of primary amides is 1. The number of nitrogens with two attached hydrogens (primary N) is 1. The summed E-state index contributed by atoms with van der Waals surface area (Å²) in [5.74, 6) is -0.108. The minimum atomic E-state index is -0.518. The van der Waals surface area contributed by atoms with Gasteiger partial charge in [-0.1, -0.05) is 35.9 Å². The van der Waals surface area contributed by atoms with Gasteiger partial charge >= 0.3 is 0 Å². The number of carbonyl (C=O) groups is 3. The molecule has 0 aliphatic heterocycles. The summed E-state index contributed by atoms with van der Waals surface area (Å²) >= 11 is 6.26. The molecule has 9 heteroatoms. The molecule has 0 spiro atoms. The van der Waals surface area contributed by atoms with Crippen LogP contribution in [0, 0.1) is 0 Å². The van der Waals surface area contributed by atoms with Crippen LogP contribution in [0.15, 0.2) is 48.7 Å². The Bertz CT molecular complexity index is 1230. The molecule has 2 amide bonds. The molecule has 1 atom stereocenters. The number of ketones is 1. The van der Waals surface area contributed by atoms with E-state index in [1.54, 1.807) is 29.9 Å². The van der Waals surface area contributed by atoms with Gasteiger partial charge in [0.2, 0.25) is 5.91 Å². The predicted molar refractivity (Wildman–Crippen MR) is 135 cm³/mol. The Kier molecular flexibility index (Phi) is 8.30. The molecule has 0 aliphatic rings. The van der Waals surface area contributed by atoms with Gasteiger partial charge in [-0.2, -0.15) is 0 Å². The third-order valence-corrected chi connectivity index (χ3v) is 5.56. The fourth-order valence-corrected chi connectivity index (χ4v) is 3.93. The minimum absolute atomic E-state index is 0.0159. The number of aromatic nitrogens is 2. The highest BCUT2D eigenvalue weighted by atomic mass is 35.5. The molecule has 0 saturated carbocycles. The molecule has 35 heavy (non-hydrogen) atoms. The van der Waals surface area contributed by atoms with E-state index in [9.17, 15) is 14.4 Å². The number of rotatable bonds is 10. The molecule has 0 saturated heterocycles. The summed E-state index contributed by atoms with van der Waals surface area (Å²) in [5, 5.41) is 3.21. The molecule has 0 bridgehead atoms. The van der Waals surface area contributed by atoms with Gasteiger partial charge in [-0.25, -0.2) is 4.98 Å². The van der Waals surface area contributed by atoms with E-state index in [1.165, 1.54) is 13.0 Å². The van der Waals surface area contributed by atoms with Crippen LogP contribution in [0.4, 0.5) is 0 Å². The van der Waals surface area contributed by atoms with E-state index in [4.69, 9.17) is 22.1 Å². The van der Waals surface area contributed by atoms with Crippen molar-refractivity contribution in [1.82, 2.24) is 14.9 Å². The highest BCUT2D eigenvalue weighted by Gasteiger charge is 2.19. The third kappa shape index (κ3) is 6.93. The Morgan fingerprint density at radius 3 is 2.37 bits per heavy atom. The van der Waals surface area contributed by atoms with Crippen molar-refractivity contribution < 1.29 is 19.1 Å². The van der Waals surface area contributed by atoms with E-state index in [0.29, 0.717) is 34.3 Å². The molecule has 1 unspecified atom stereocenters. The second-order valence-corrected chi connectivity index (χ2v) is 9.08. The maximum absolute atomic E-state index is 12.8. The van der Waals surface area contributed by atoms with Crippen molar-refractivity contribution in [3.8, 4) is 17.0 Å². The summed E-state index contributed by atoms with van der Waals surface area (Å²) in [4.78, 5) is 40.5. The van der Waals surface area contributed by atoms with Crippen LogP contribution in [0.3, 0.4) is 0 Å². The van der Waals surface area contributed by atoms with Crippen LogP contribution in [-0.4, -0.2) is 39.3 Å². The van der Waals surface area contributed by atoms with Crippen molar-refractivity contribution in [2.75, 3.05) is 0 Å². The number of Topliss-reactive ketones (excluding diaryl/α,β-unsaturated/α-hetero) is 1. The Morgan fingerprint density at radius 2 is 1.83 bits per heavy atom. The van der Waals surface area contributed by atoms with Crippen molar-refractivity contribution in [2.45, 2.75) is 45.8 Å². The zero-order valence-corrected chi connectivity index (χ0v) is 20.9. The smallest absolute Gasteiger partial charge is 0.251 e. The molecule has 0 aliphatic carbocycles. The maximum atomic E-state index is 12.8. The first-order valence-corrected chi connectivity index (χ1v) is 11.6. The van der Waals surface area contributed by atoms with E-state index in [0.717, 1.165) is 11.1 Å². The fraction of sp³-hybridized carbons (Fsp3) is 0.308.